The van der Waals surface area contributed by atoms with E-state index in [2.05, 4.69) is 10.3 Å². The highest BCUT2D eigenvalue weighted by atomic mass is 16.4. The highest BCUT2D eigenvalue weighted by Crippen LogP contribution is 2.18. The zero-order valence-electron chi connectivity index (χ0n) is 13.9. The van der Waals surface area contributed by atoms with Crippen LogP contribution in [0.5, 0.6) is 0 Å². The van der Waals surface area contributed by atoms with E-state index < -0.39 is 5.97 Å². The van der Waals surface area contributed by atoms with Gasteiger partial charge in [-0.05, 0) is 25.7 Å². The number of likely N-dealkylation sites (tertiary alicyclic amines) is 1. The van der Waals surface area contributed by atoms with Crippen molar-refractivity contribution in [1.29, 1.82) is 0 Å². The predicted molar refractivity (Wildman–Crippen MR) is 89.1 cm³/mol. The van der Waals surface area contributed by atoms with Gasteiger partial charge in [0.1, 0.15) is 0 Å². The molecule has 6 N–H and O–H groups in total. The summed E-state index contributed by atoms with van der Waals surface area (Å²) in [5.74, 6) is -1.06. The molecule has 0 atom stereocenters. The van der Waals surface area contributed by atoms with E-state index in [4.69, 9.17) is 16.6 Å². The Hall–Kier alpha value is -2.32. The van der Waals surface area contributed by atoms with Crippen molar-refractivity contribution in [2.45, 2.75) is 38.5 Å². The number of carbonyl (C=O) groups is 3. The van der Waals surface area contributed by atoms with Crippen molar-refractivity contribution in [2.24, 2.45) is 22.4 Å². The first-order chi connectivity index (χ1) is 11.4. The molecule has 1 aliphatic rings. The van der Waals surface area contributed by atoms with E-state index in [-0.39, 0.29) is 36.7 Å². The molecule has 0 aromatic rings. The Balaban J connectivity index is 2.19. The summed E-state index contributed by atoms with van der Waals surface area (Å²) >= 11 is 0. The number of nitrogens with two attached hydrogens (primary N) is 2. The topological polar surface area (TPSA) is 151 Å². The maximum Gasteiger partial charge on any atom is 0.305 e. The molecule has 9 nitrogen and oxygen atoms in total. The molecular formula is C15H27N5O4. The van der Waals surface area contributed by atoms with Crippen molar-refractivity contribution in [3.8, 4) is 0 Å². The molecule has 136 valence electrons. The van der Waals surface area contributed by atoms with Gasteiger partial charge in [0.25, 0.3) is 0 Å². The van der Waals surface area contributed by atoms with Gasteiger partial charge in [-0.3, -0.25) is 19.4 Å². The van der Waals surface area contributed by atoms with E-state index >= 15 is 0 Å². The highest BCUT2D eigenvalue weighted by molar-refractivity contribution is 5.80. The van der Waals surface area contributed by atoms with Crippen LogP contribution in [0.2, 0.25) is 0 Å². The number of hydrogen-bond donors (Lipinski definition) is 4. The number of rotatable bonds is 9. The van der Waals surface area contributed by atoms with E-state index in [1.54, 1.807) is 4.90 Å². The molecule has 0 bridgehead atoms. The molecule has 1 aliphatic heterocycles. The second-order valence-electron chi connectivity index (χ2n) is 5.85. The van der Waals surface area contributed by atoms with E-state index in [0.29, 0.717) is 38.9 Å². The molecule has 1 saturated heterocycles. The summed E-state index contributed by atoms with van der Waals surface area (Å²) in [6.07, 6.45) is 3.08. The van der Waals surface area contributed by atoms with E-state index in [0.717, 1.165) is 12.8 Å². The van der Waals surface area contributed by atoms with Crippen LogP contribution in [0.1, 0.15) is 38.5 Å². The normalized spacial score (nSPS) is 14.9. The predicted octanol–water partition coefficient (Wildman–Crippen LogP) is -0.740. The molecule has 0 radical (unpaired) electrons. The summed E-state index contributed by atoms with van der Waals surface area (Å²) in [5.41, 5.74) is 10.4. The smallest absolute Gasteiger partial charge is 0.305 e. The molecule has 2 amide bonds. The third kappa shape index (κ3) is 7.80. The first kappa shape index (κ1) is 19.7. The SMILES string of the molecule is NC(N)=NCCCCC(=O)N1CCC(C(=O)NCCC(=O)O)CC1. The average Bonchev–Trinajstić information content (AvgIpc) is 2.53. The summed E-state index contributed by atoms with van der Waals surface area (Å²) in [5, 5.41) is 11.2. The lowest BCUT2D eigenvalue weighted by atomic mass is 9.95. The number of carbonyl (C=O) groups excluding carboxylic acids is 2. The minimum atomic E-state index is -0.935. The number of guanidine groups is 1. The summed E-state index contributed by atoms with van der Waals surface area (Å²) in [7, 11) is 0. The number of carboxylic acids is 1. The highest BCUT2D eigenvalue weighted by Gasteiger charge is 2.26. The number of carboxylic acid groups (broad SMARTS) is 1. The molecule has 0 unspecified atom stereocenters. The second-order valence-corrected chi connectivity index (χ2v) is 5.85. The van der Waals surface area contributed by atoms with Gasteiger partial charge < -0.3 is 26.8 Å². The fourth-order valence-corrected chi connectivity index (χ4v) is 2.58. The van der Waals surface area contributed by atoms with Crippen LogP contribution in [0.25, 0.3) is 0 Å². The Kier molecular flexibility index (Phi) is 8.59. The van der Waals surface area contributed by atoms with Gasteiger partial charge in [0.2, 0.25) is 11.8 Å². The van der Waals surface area contributed by atoms with Crippen LogP contribution in [-0.4, -0.2) is 59.9 Å². The molecule has 0 aliphatic carbocycles. The molecule has 1 fully saturated rings. The first-order valence-electron chi connectivity index (χ1n) is 8.23. The van der Waals surface area contributed by atoms with E-state index in [1.807, 2.05) is 0 Å². The molecule has 0 spiro atoms. The van der Waals surface area contributed by atoms with Crippen LogP contribution < -0.4 is 16.8 Å². The minimum Gasteiger partial charge on any atom is -0.481 e. The molecule has 1 rings (SSSR count). The number of amides is 2. The number of unbranched alkanes of at least 4 members (excludes halogenated alkanes) is 1. The van der Waals surface area contributed by atoms with Gasteiger partial charge in [0.15, 0.2) is 5.96 Å². The number of hydrogen-bond acceptors (Lipinski definition) is 4. The minimum absolute atomic E-state index is 0.0602. The van der Waals surface area contributed by atoms with Gasteiger partial charge in [-0.2, -0.15) is 0 Å². The van der Waals surface area contributed by atoms with Crippen molar-refractivity contribution >= 4 is 23.7 Å². The van der Waals surface area contributed by atoms with Crippen molar-refractivity contribution < 1.29 is 19.5 Å². The zero-order chi connectivity index (χ0) is 17.9. The molecule has 1 heterocycles. The molecule has 0 aromatic carbocycles. The van der Waals surface area contributed by atoms with Crippen LogP contribution in [0, 0.1) is 5.92 Å². The molecule has 9 heteroatoms. The zero-order valence-corrected chi connectivity index (χ0v) is 13.9. The van der Waals surface area contributed by atoms with Crippen LogP contribution in [0.3, 0.4) is 0 Å². The Labute approximate surface area is 141 Å². The number of aliphatic imine (C=N–C) groups is 1. The Bertz CT molecular complexity index is 468. The van der Waals surface area contributed by atoms with Crippen molar-refractivity contribution in [1.82, 2.24) is 10.2 Å². The molecule has 0 saturated carbocycles. The first-order valence-corrected chi connectivity index (χ1v) is 8.23. The Morgan fingerprint density at radius 2 is 1.79 bits per heavy atom. The lowest BCUT2D eigenvalue weighted by Gasteiger charge is -2.31. The fourth-order valence-electron chi connectivity index (χ4n) is 2.58. The van der Waals surface area contributed by atoms with Crippen LogP contribution in [0.4, 0.5) is 0 Å². The summed E-state index contributed by atoms with van der Waals surface area (Å²) in [6, 6.07) is 0. The van der Waals surface area contributed by atoms with Crippen LogP contribution in [0.15, 0.2) is 4.99 Å². The van der Waals surface area contributed by atoms with E-state index in [1.165, 1.54) is 0 Å². The summed E-state index contributed by atoms with van der Waals surface area (Å²) in [6.45, 7) is 1.78. The second kappa shape index (κ2) is 10.5. The van der Waals surface area contributed by atoms with Crippen LogP contribution in [-0.2, 0) is 14.4 Å². The van der Waals surface area contributed by atoms with Crippen molar-refractivity contribution in [2.75, 3.05) is 26.2 Å². The Morgan fingerprint density at radius 1 is 1.12 bits per heavy atom. The lowest BCUT2D eigenvalue weighted by molar-refractivity contribution is -0.138. The van der Waals surface area contributed by atoms with Gasteiger partial charge >= 0.3 is 5.97 Å². The number of piperidine rings is 1. The number of nitrogens with zero attached hydrogens (tertiary/aromatic N) is 2. The summed E-state index contributed by atoms with van der Waals surface area (Å²) in [4.78, 5) is 40.1. The maximum absolute atomic E-state index is 12.1. The van der Waals surface area contributed by atoms with Crippen LogP contribution >= 0.6 is 0 Å². The molecule has 0 aromatic heterocycles. The largest absolute Gasteiger partial charge is 0.481 e. The molecular weight excluding hydrogens is 314 g/mol. The van der Waals surface area contributed by atoms with Crippen molar-refractivity contribution in [3.63, 3.8) is 0 Å². The third-order valence-electron chi connectivity index (χ3n) is 3.95. The average molecular weight is 341 g/mol. The Morgan fingerprint density at radius 3 is 2.38 bits per heavy atom. The van der Waals surface area contributed by atoms with Gasteiger partial charge in [-0.15, -0.1) is 0 Å². The maximum atomic E-state index is 12.1. The summed E-state index contributed by atoms with van der Waals surface area (Å²) < 4.78 is 0. The fraction of sp³-hybridized carbons (Fsp3) is 0.733. The lowest BCUT2D eigenvalue weighted by Crippen LogP contribution is -2.43. The van der Waals surface area contributed by atoms with Gasteiger partial charge in [-0.1, -0.05) is 0 Å². The van der Waals surface area contributed by atoms with Gasteiger partial charge in [-0.25, -0.2) is 0 Å². The molecule has 24 heavy (non-hydrogen) atoms. The number of aliphatic carboxylic acids is 1. The third-order valence-corrected chi connectivity index (χ3v) is 3.95. The van der Waals surface area contributed by atoms with Gasteiger partial charge in [0, 0.05) is 38.5 Å². The monoisotopic (exact) mass is 341 g/mol. The van der Waals surface area contributed by atoms with Gasteiger partial charge in [0.05, 0.1) is 6.42 Å². The number of nitrogens with one attached hydrogen (secondary N) is 1. The quantitative estimate of drug-likeness (QED) is 0.246. The van der Waals surface area contributed by atoms with E-state index in [9.17, 15) is 14.4 Å². The standard InChI is InChI=1S/C15H27N5O4/c16-15(17)19-7-2-1-3-12(21)20-9-5-11(6-10-20)14(24)18-8-4-13(22)23/h11H,1-10H2,(H,18,24)(H,22,23)(H4,16,17,19). The van der Waals surface area contributed by atoms with Crippen molar-refractivity contribution in [3.05, 3.63) is 0 Å².